The van der Waals surface area contributed by atoms with E-state index in [1.807, 2.05) is 21.1 Å². The van der Waals surface area contributed by atoms with Crippen LogP contribution >= 0.6 is 7.82 Å². The minimum absolute atomic E-state index is 0.0773. The molecule has 8 nitrogen and oxygen atoms in total. The van der Waals surface area contributed by atoms with E-state index in [0.29, 0.717) is 17.6 Å². The predicted molar refractivity (Wildman–Crippen MR) is 224 cm³/mol. The number of quaternary nitrogens is 1. The van der Waals surface area contributed by atoms with Crippen LogP contribution in [0.1, 0.15) is 142 Å². The number of carbonyl (C=O) groups is 1. The molecule has 0 fully saturated rings. The zero-order chi connectivity index (χ0) is 39.1. The summed E-state index contributed by atoms with van der Waals surface area (Å²) in [6.07, 6.45) is 46.5. The van der Waals surface area contributed by atoms with Gasteiger partial charge in [-0.3, -0.25) is 13.8 Å². The van der Waals surface area contributed by atoms with Crippen molar-refractivity contribution in [3.8, 4) is 0 Å². The summed E-state index contributed by atoms with van der Waals surface area (Å²) in [7, 11) is 1.63. The number of allylic oxidation sites excluding steroid dienone is 12. The highest BCUT2D eigenvalue weighted by molar-refractivity contribution is 7.47. The first-order valence-electron chi connectivity index (χ1n) is 20.7. The Balaban J connectivity index is 4.31. The maximum atomic E-state index is 12.6. The Morgan fingerprint density at radius 2 is 1.04 bits per heavy atom. The normalized spacial score (nSPS) is 14.6. The van der Waals surface area contributed by atoms with Crippen molar-refractivity contribution in [2.24, 2.45) is 0 Å². The third kappa shape index (κ3) is 41.0. The maximum absolute atomic E-state index is 12.6. The Labute approximate surface area is 325 Å². The molecule has 2 unspecified atom stereocenters. The van der Waals surface area contributed by atoms with E-state index in [1.165, 1.54) is 38.5 Å². The van der Waals surface area contributed by atoms with E-state index in [0.717, 1.165) is 83.5 Å². The van der Waals surface area contributed by atoms with Gasteiger partial charge in [0, 0.05) is 13.0 Å². The van der Waals surface area contributed by atoms with Gasteiger partial charge in [-0.05, 0) is 77.0 Å². The molecular formula is C44H79NO7P+. The van der Waals surface area contributed by atoms with E-state index in [4.69, 9.17) is 18.5 Å². The predicted octanol–water partition coefficient (Wildman–Crippen LogP) is 11.9. The van der Waals surface area contributed by atoms with E-state index in [-0.39, 0.29) is 32.2 Å². The van der Waals surface area contributed by atoms with E-state index in [1.54, 1.807) is 0 Å². The topological polar surface area (TPSA) is 91.3 Å². The third-order valence-electron chi connectivity index (χ3n) is 8.26. The van der Waals surface area contributed by atoms with Gasteiger partial charge in [0.25, 0.3) is 0 Å². The van der Waals surface area contributed by atoms with Gasteiger partial charge in [-0.15, -0.1) is 0 Å². The van der Waals surface area contributed by atoms with Crippen molar-refractivity contribution in [2.75, 3.05) is 54.1 Å². The lowest BCUT2D eigenvalue weighted by Gasteiger charge is -2.24. The second-order valence-electron chi connectivity index (χ2n) is 14.6. The van der Waals surface area contributed by atoms with Crippen LogP contribution in [0.4, 0.5) is 0 Å². The number of esters is 1. The summed E-state index contributed by atoms with van der Waals surface area (Å²) in [5.41, 5.74) is 0. The SMILES string of the molecule is CC/C=C\C/C=C\C/C=C\CCCCCCCCCCOCC(COP(=O)(O)OCC[N+](C)(C)C)OC(=O)CCCCC/C=C\C/C=C\C/C=C\CC. The van der Waals surface area contributed by atoms with Crippen molar-refractivity contribution < 1.29 is 37.3 Å². The summed E-state index contributed by atoms with van der Waals surface area (Å²) >= 11 is 0. The number of rotatable bonds is 37. The fraction of sp³-hybridized carbons (Fsp3) is 0.705. The fourth-order valence-electron chi connectivity index (χ4n) is 5.11. The third-order valence-corrected chi connectivity index (χ3v) is 9.25. The number of hydrogen-bond acceptors (Lipinski definition) is 6. The lowest BCUT2D eigenvalue weighted by Crippen LogP contribution is -2.37. The number of phosphoric acid groups is 1. The molecule has 0 aromatic heterocycles. The number of likely N-dealkylation sites (N-methyl/N-ethyl adjacent to an activating group) is 1. The van der Waals surface area contributed by atoms with Gasteiger partial charge in [0.05, 0.1) is 34.4 Å². The maximum Gasteiger partial charge on any atom is 0.472 e. The Hall–Kier alpha value is -2.06. The highest BCUT2D eigenvalue weighted by Gasteiger charge is 2.26. The summed E-state index contributed by atoms with van der Waals surface area (Å²) in [4.78, 5) is 22.8. The van der Waals surface area contributed by atoms with Crippen LogP contribution in [-0.2, 0) is 27.9 Å². The molecule has 0 aliphatic rings. The van der Waals surface area contributed by atoms with E-state index < -0.39 is 13.9 Å². The van der Waals surface area contributed by atoms with Crippen LogP contribution in [0, 0.1) is 0 Å². The first-order chi connectivity index (χ1) is 25.6. The van der Waals surface area contributed by atoms with E-state index >= 15 is 0 Å². The van der Waals surface area contributed by atoms with Gasteiger partial charge in [0.15, 0.2) is 0 Å². The summed E-state index contributed by atoms with van der Waals surface area (Å²) in [5, 5.41) is 0. The minimum Gasteiger partial charge on any atom is -0.457 e. The summed E-state index contributed by atoms with van der Waals surface area (Å²) in [6.45, 7) is 5.31. The van der Waals surface area contributed by atoms with Gasteiger partial charge in [-0.1, -0.05) is 132 Å². The molecule has 0 amide bonds. The summed E-state index contributed by atoms with van der Waals surface area (Å²) in [6, 6.07) is 0. The number of nitrogens with zero attached hydrogens (tertiary/aromatic N) is 1. The largest absolute Gasteiger partial charge is 0.472 e. The van der Waals surface area contributed by atoms with Crippen molar-refractivity contribution in [1.29, 1.82) is 0 Å². The molecule has 0 saturated carbocycles. The molecule has 306 valence electrons. The molecule has 0 saturated heterocycles. The molecule has 2 atom stereocenters. The first-order valence-corrected chi connectivity index (χ1v) is 22.2. The number of ether oxygens (including phenoxy) is 2. The zero-order valence-electron chi connectivity index (χ0n) is 34.5. The number of hydrogen-bond donors (Lipinski definition) is 1. The molecule has 9 heteroatoms. The van der Waals surface area contributed by atoms with Gasteiger partial charge < -0.3 is 18.9 Å². The van der Waals surface area contributed by atoms with Crippen LogP contribution in [0.2, 0.25) is 0 Å². The molecule has 0 rings (SSSR count). The lowest BCUT2D eigenvalue weighted by molar-refractivity contribution is -0.870. The highest BCUT2D eigenvalue weighted by atomic mass is 31.2. The monoisotopic (exact) mass is 765 g/mol. The Kier molecular flexibility index (Phi) is 35.5. The first kappa shape index (κ1) is 50.9. The highest BCUT2D eigenvalue weighted by Crippen LogP contribution is 2.43. The van der Waals surface area contributed by atoms with E-state index in [9.17, 15) is 14.3 Å². The Morgan fingerprint density at radius 3 is 1.55 bits per heavy atom. The summed E-state index contributed by atoms with van der Waals surface area (Å²) in [5.74, 6) is -0.349. The second kappa shape index (κ2) is 36.9. The van der Waals surface area contributed by atoms with Gasteiger partial charge in [0.1, 0.15) is 19.3 Å². The average Bonchev–Trinajstić information content (AvgIpc) is 3.11. The summed E-state index contributed by atoms with van der Waals surface area (Å²) < 4.78 is 34.9. The molecule has 53 heavy (non-hydrogen) atoms. The number of phosphoric ester groups is 1. The standard InChI is InChI=1S/C44H78NO7P/c1-6-8-10-12-14-16-18-20-21-22-23-24-26-28-30-32-34-36-39-49-41-43(42-51-53(47,48)50-40-38-45(3,4)5)52-44(46)37-35-33-31-29-27-25-19-17-15-13-11-9-7-2/h8-11,14-17,20-21,25,27,43H,6-7,12-13,18-19,22-24,26,28-42H2,1-5H3/p+1/b10-8-,11-9-,16-14-,17-15-,21-20-,27-25-. The number of carbonyl (C=O) groups excluding carboxylic acids is 1. The molecule has 0 aliphatic carbocycles. The molecule has 0 aromatic rings. The molecule has 0 radical (unpaired) electrons. The quantitative estimate of drug-likeness (QED) is 0.0221. The molecule has 0 spiro atoms. The van der Waals surface area contributed by atoms with Crippen molar-refractivity contribution >= 4 is 13.8 Å². The van der Waals surface area contributed by atoms with Crippen LogP contribution in [0.15, 0.2) is 72.9 Å². The van der Waals surface area contributed by atoms with Gasteiger partial charge in [0.2, 0.25) is 0 Å². The average molecular weight is 765 g/mol. The van der Waals surface area contributed by atoms with Crippen molar-refractivity contribution in [2.45, 2.75) is 148 Å². The molecule has 0 bridgehead atoms. The van der Waals surface area contributed by atoms with Gasteiger partial charge in [-0.25, -0.2) is 4.57 Å². The minimum atomic E-state index is -4.29. The van der Waals surface area contributed by atoms with Crippen LogP contribution in [-0.4, -0.2) is 75.6 Å². The molecule has 0 aliphatic heterocycles. The Bertz CT molecular complexity index is 1070. The fourth-order valence-corrected chi connectivity index (χ4v) is 5.85. The van der Waals surface area contributed by atoms with Crippen LogP contribution in [0.3, 0.4) is 0 Å². The van der Waals surface area contributed by atoms with Crippen LogP contribution in [0.5, 0.6) is 0 Å². The zero-order valence-corrected chi connectivity index (χ0v) is 35.4. The van der Waals surface area contributed by atoms with Gasteiger partial charge in [-0.2, -0.15) is 0 Å². The molecule has 0 aromatic carbocycles. The molecule has 0 heterocycles. The smallest absolute Gasteiger partial charge is 0.457 e. The van der Waals surface area contributed by atoms with Crippen LogP contribution in [0.25, 0.3) is 0 Å². The van der Waals surface area contributed by atoms with Gasteiger partial charge >= 0.3 is 13.8 Å². The Morgan fingerprint density at radius 1 is 0.585 bits per heavy atom. The van der Waals surface area contributed by atoms with Crippen molar-refractivity contribution in [3.05, 3.63) is 72.9 Å². The second-order valence-corrected chi connectivity index (χ2v) is 16.1. The van der Waals surface area contributed by atoms with Crippen molar-refractivity contribution in [1.82, 2.24) is 0 Å². The molecule has 1 N–H and O–H groups in total. The van der Waals surface area contributed by atoms with Crippen molar-refractivity contribution in [3.63, 3.8) is 0 Å². The van der Waals surface area contributed by atoms with E-state index in [2.05, 4.69) is 86.8 Å². The number of unbranched alkanes of at least 4 members (excludes halogenated alkanes) is 11. The lowest BCUT2D eigenvalue weighted by atomic mass is 10.1. The molecular weight excluding hydrogens is 685 g/mol. The van der Waals surface area contributed by atoms with Crippen LogP contribution < -0.4 is 0 Å².